The molecule has 5 rings (SSSR count). The number of rotatable bonds is 4. The van der Waals surface area contributed by atoms with E-state index in [4.69, 9.17) is 14.5 Å². The zero-order valence-electron chi connectivity index (χ0n) is 23.6. The Morgan fingerprint density at radius 2 is 1.90 bits per heavy atom. The fourth-order valence-electron chi connectivity index (χ4n) is 5.20. The lowest BCUT2D eigenvalue weighted by Gasteiger charge is -2.32. The van der Waals surface area contributed by atoms with Crippen molar-refractivity contribution in [2.75, 3.05) is 25.5 Å². The maximum absolute atomic E-state index is 12.9. The molecule has 9 nitrogen and oxygen atoms in total. The van der Waals surface area contributed by atoms with Gasteiger partial charge in [0.05, 0.1) is 28.9 Å². The van der Waals surface area contributed by atoms with Crippen LogP contribution in [0.15, 0.2) is 23.6 Å². The van der Waals surface area contributed by atoms with Crippen molar-refractivity contribution in [3.8, 4) is 11.3 Å². The number of aromatic amines is 1. The number of carbonyl (C=O) groups is 3. The molecule has 0 atom stereocenters. The zero-order valence-corrected chi connectivity index (χ0v) is 24.5. The number of ether oxygens (including phenoxy) is 2. The molecule has 0 aliphatic carbocycles. The number of benzene rings is 1. The highest BCUT2D eigenvalue weighted by atomic mass is 32.1. The molecule has 4 heterocycles. The Balaban J connectivity index is 1.35. The molecule has 3 aromatic rings. The minimum absolute atomic E-state index is 0.200. The van der Waals surface area contributed by atoms with Crippen LogP contribution in [0, 0.1) is 13.8 Å². The first kappa shape index (κ1) is 27.6. The topological polar surface area (TPSA) is 114 Å². The number of thiazole rings is 1. The van der Waals surface area contributed by atoms with Crippen molar-refractivity contribution in [2.24, 2.45) is 0 Å². The van der Waals surface area contributed by atoms with Crippen LogP contribution in [0.25, 0.3) is 22.9 Å². The van der Waals surface area contributed by atoms with Crippen molar-refractivity contribution >= 4 is 46.6 Å². The molecule has 0 spiro atoms. The van der Waals surface area contributed by atoms with E-state index in [1.807, 2.05) is 58.2 Å². The van der Waals surface area contributed by atoms with Gasteiger partial charge >= 0.3 is 12.1 Å². The summed E-state index contributed by atoms with van der Waals surface area (Å²) in [5.74, 6) is -0.327. The number of aryl methyl sites for hydroxylation is 1. The van der Waals surface area contributed by atoms with Gasteiger partial charge < -0.3 is 24.7 Å². The number of amides is 2. The first-order valence-corrected chi connectivity index (χ1v) is 14.2. The Labute approximate surface area is 237 Å². The van der Waals surface area contributed by atoms with Crippen molar-refractivity contribution in [3.63, 3.8) is 0 Å². The quantitative estimate of drug-likeness (QED) is 0.291. The van der Waals surface area contributed by atoms with E-state index in [1.165, 1.54) is 7.11 Å². The molecule has 0 radical (unpaired) electrons. The van der Waals surface area contributed by atoms with Crippen molar-refractivity contribution in [2.45, 2.75) is 59.0 Å². The number of aromatic nitrogens is 2. The molecule has 2 aliphatic heterocycles. The lowest BCUT2D eigenvalue weighted by molar-refractivity contribution is -0.110. The van der Waals surface area contributed by atoms with Crippen LogP contribution in [-0.4, -0.2) is 58.6 Å². The largest absolute Gasteiger partial charge is 0.465 e. The molecule has 1 fully saturated rings. The Hall–Kier alpha value is -3.92. The standard InChI is InChI=1S/C30H34N4O5S/c1-16-23(31-17(2)25(16)28(36)38-6)14-21-20-13-19(7-8-22(20)32-26(21)35)24-15-40-27(33-24)18-9-11-34(12-10-18)29(37)39-30(3,4)5/h7-8,13-15,18,31H,9-12H2,1-6H3,(H,32,35)/b21-14-. The van der Waals surface area contributed by atoms with Crippen LogP contribution in [0.5, 0.6) is 0 Å². The number of fused-ring (bicyclic) bond motifs is 1. The van der Waals surface area contributed by atoms with Crippen LogP contribution in [0.2, 0.25) is 0 Å². The summed E-state index contributed by atoms with van der Waals surface area (Å²) in [7, 11) is 1.35. The van der Waals surface area contributed by atoms with Gasteiger partial charge in [0.25, 0.3) is 5.91 Å². The van der Waals surface area contributed by atoms with E-state index in [0.717, 1.165) is 45.9 Å². The number of hydrogen-bond donors (Lipinski definition) is 2. The number of esters is 1. The predicted octanol–water partition coefficient (Wildman–Crippen LogP) is 6.15. The van der Waals surface area contributed by atoms with Crippen molar-refractivity contribution in [1.82, 2.24) is 14.9 Å². The number of anilines is 1. The summed E-state index contributed by atoms with van der Waals surface area (Å²) >= 11 is 1.63. The van der Waals surface area contributed by atoms with E-state index in [1.54, 1.807) is 22.3 Å². The van der Waals surface area contributed by atoms with Crippen LogP contribution in [0.4, 0.5) is 10.5 Å². The number of carbonyl (C=O) groups excluding carboxylic acids is 3. The van der Waals surface area contributed by atoms with Crippen molar-refractivity contribution in [3.05, 3.63) is 56.7 Å². The molecule has 2 aromatic heterocycles. The average molecular weight is 563 g/mol. The Bertz CT molecular complexity index is 1520. The molecule has 210 valence electrons. The SMILES string of the molecule is COC(=O)c1c(C)[nH]c(/C=C2\C(=O)Nc3ccc(-c4csc(C5CCN(C(=O)OC(C)(C)C)CC5)n4)cc32)c1C. The third kappa shape index (κ3) is 5.40. The summed E-state index contributed by atoms with van der Waals surface area (Å²) in [6, 6.07) is 5.84. The number of likely N-dealkylation sites (tertiary alicyclic amines) is 1. The predicted molar refractivity (Wildman–Crippen MR) is 155 cm³/mol. The number of piperidine rings is 1. The van der Waals surface area contributed by atoms with Crippen LogP contribution in [-0.2, 0) is 14.3 Å². The minimum atomic E-state index is -0.506. The molecule has 10 heteroatoms. The van der Waals surface area contributed by atoms with E-state index in [0.29, 0.717) is 35.6 Å². The third-order valence-electron chi connectivity index (χ3n) is 7.27. The monoisotopic (exact) mass is 562 g/mol. The van der Waals surface area contributed by atoms with Gasteiger partial charge in [0.2, 0.25) is 0 Å². The van der Waals surface area contributed by atoms with E-state index in [-0.39, 0.29) is 17.9 Å². The molecule has 0 saturated carbocycles. The third-order valence-corrected chi connectivity index (χ3v) is 8.28. The van der Waals surface area contributed by atoms with Crippen LogP contribution >= 0.6 is 11.3 Å². The Morgan fingerprint density at radius 1 is 1.18 bits per heavy atom. The highest BCUT2D eigenvalue weighted by Crippen LogP contribution is 2.38. The molecule has 0 bridgehead atoms. The number of nitrogens with zero attached hydrogens (tertiary/aromatic N) is 2. The highest BCUT2D eigenvalue weighted by Gasteiger charge is 2.30. The van der Waals surface area contributed by atoms with Crippen LogP contribution in [0.1, 0.15) is 77.4 Å². The first-order valence-electron chi connectivity index (χ1n) is 13.3. The average Bonchev–Trinajstić information content (AvgIpc) is 3.59. The maximum atomic E-state index is 12.9. The zero-order chi connectivity index (χ0) is 28.8. The second kappa shape index (κ2) is 10.6. The first-order chi connectivity index (χ1) is 18.9. The smallest absolute Gasteiger partial charge is 0.410 e. The highest BCUT2D eigenvalue weighted by molar-refractivity contribution is 7.10. The molecule has 2 N–H and O–H groups in total. The van der Waals surface area contributed by atoms with E-state index < -0.39 is 11.6 Å². The fraction of sp³-hybridized carbons (Fsp3) is 0.400. The van der Waals surface area contributed by atoms with Gasteiger partial charge in [0, 0.05) is 52.6 Å². The van der Waals surface area contributed by atoms with E-state index in [2.05, 4.69) is 10.3 Å². The maximum Gasteiger partial charge on any atom is 0.410 e. The molecular formula is C30H34N4O5S. The molecule has 2 amide bonds. The van der Waals surface area contributed by atoms with Gasteiger partial charge in [0.15, 0.2) is 0 Å². The van der Waals surface area contributed by atoms with Gasteiger partial charge in [-0.25, -0.2) is 14.6 Å². The summed E-state index contributed by atoms with van der Waals surface area (Å²) < 4.78 is 10.4. The Kier molecular flexibility index (Phi) is 7.31. The van der Waals surface area contributed by atoms with Gasteiger partial charge in [-0.15, -0.1) is 11.3 Å². The minimum Gasteiger partial charge on any atom is -0.465 e. The van der Waals surface area contributed by atoms with E-state index >= 15 is 0 Å². The van der Waals surface area contributed by atoms with Gasteiger partial charge in [-0.3, -0.25) is 4.79 Å². The van der Waals surface area contributed by atoms with Crippen LogP contribution < -0.4 is 5.32 Å². The molecule has 1 saturated heterocycles. The summed E-state index contributed by atoms with van der Waals surface area (Å²) in [5.41, 5.74) is 5.90. The summed E-state index contributed by atoms with van der Waals surface area (Å²) in [6.07, 6.45) is 3.20. The number of hydrogen-bond acceptors (Lipinski definition) is 7. The van der Waals surface area contributed by atoms with Crippen molar-refractivity contribution < 1.29 is 23.9 Å². The van der Waals surface area contributed by atoms with Gasteiger partial charge in [0.1, 0.15) is 5.60 Å². The lowest BCUT2D eigenvalue weighted by atomic mass is 9.97. The second-order valence-corrected chi connectivity index (χ2v) is 12.1. The summed E-state index contributed by atoms with van der Waals surface area (Å²) in [5, 5.41) is 6.03. The summed E-state index contributed by atoms with van der Waals surface area (Å²) in [6.45, 7) is 10.6. The van der Waals surface area contributed by atoms with Gasteiger partial charge in [-0.05, 0) is 71.2 Å². The lowest BCUT2D eigenvalue weighted by Crippen LogP contribution is -2.41. The Morgan fingerprint density at radius 3 is 2.58 bits per heavy atom. The molecule has 1 aromatic carbocycles. The molecule has 0 unspecified atom stereocenters. The van der Waals surface area contributed by atoms with Gasteiger partial charge in [-0.2, -0.15) is 0 Å². The van der Waals surface area contributed by atoms with Crippen LogP contribution in [0.3, 0.4) is 0 Å². The fourth-order valence-corrected chi connectivity index (χ4v) is 6.21. The van der Waals surface area contributed by atoms with Crippen molar-refractivity contribution in [1.29, 1.82) is 0 Å². The van der Waals surface area contributed by atoms with E-state index in [9.17, 15) is 14.4 Å². The molecule has 40 heavy (non-hydrogen) atoms. The summed E-state index contributed by atoms with van der Waals surface area (Å²) in [4.78, 5) is 47.5. The molecule has 2 aliphatic rings. The second-order valence-electron chi connectivity index (χ2n) is 11.2. The number of methoxy groups -OCH3 is 1. The number of H-pyrrole nitrogens is 1. The molecular weight excluding hydrogens is 528 g/mol. The normalized spacial score (nSPS) is 16.7. The number of nitrogens with one attached hydrogen (secondary N) is 2. The van der Waals surface area contributed by atoms with Gasteiger partial charge in [-0.1, -0.05) is 6.07 Å².